The number of hydrogen-bond donors (Lipinski definition) is 1. The average molecular weight is 505 g/mol. The predicted molar refractivity (Wildman–Crippen MR) is 142 cm³/mol. The topological polar surface area (TPSA) is 77.9 Å². The number of amides is 2. The van der Waals surface area contributed by atoms with E-state index in [9.17, 15) is 19.5 Å². The molecule has 7 heteroatoms. The van der Waals surface area contributed by atoms with E-state index in [1.54, 1.807) is 60.0 Å². The number of nitrogens with zero attached hydrogens (tertiary/aromatic N) is 2. The first-order chi connectivity index (χ1) is 17.1. The Bertz CT molecular complexity index is 1290. The fraction of sp³-hybridized carbons (Fsp3) is 0.276. The molecule has 1 aliphatic rings. The highest BCUT2D eigenvalue weighted by molar-refractivity contribution is 6.30. The summed E-state index contributed by atoms with van der Waals surface area (Å²) < 4.78 is 0. The number of fused-ring (bicyclic) bond motifs is 1. The van der Waals surface area contributed by atoms with Gasteiger partial charge in [-0.05, 0) is 80.8 Å². The van der Waals surface area contributed by atoms with Crippen molar-refractivity contribution in [3.63, 3.8) is 0 Å². The van der Waals surface area contributed by atoms with E-state index >= 15 is 0 Å². The van der Waals surface area contributed by atoms with Gasteiger partial charge in [-0.3, -0.25) is 14.4 Å². The van der Waals surface area contributed by atoms with Crippen LogP contribution in [0.1, 0.15) is 54.6 Å². The van der Waals surface area contributed by atoms with Gasteiger partial charge in [0, 0.05) is 35.1 Å². The van der Waals surface area contributed by atoms with E-state index in [0.29, 0.717) is 41.3 Å². The van der Waals surface area contributed by atoms with Crippen molar-refractivity contribution in [3.05, 3.63) is 94.5 Å². The molecule has 0 saturated heterocycles. The lowest BCUT2D eigenvalue weighted by Crippen LogP contribution is -2.42. The van der Waals surface area contributed by atoms with E-state index in [2.05, 4.69) is 0 Å². The van der Waals surface area contributed by atoms with Crippen LogP contribution in [0.4, 0.5) is 11.4 Å². The van der Waals surface area contributed by atoms with Gasteiger partial charge in [0.2, 0.25) is 5.91 Å². The van der Waals surface area contributed by atoms with E-state index in [1.807, 2.05) is 43.3 Å². The molecule has 1 heterocycles. The first-order valence-corrected chi connectivity index (χ1v) is 12.3. The zero-order chi connectivity index (χ0) is 26.0. The predicted octanol–water partition coefficient (Wildman–Crippen LogP) is 5.89. The molecule has 2 amide bonds. The van der Waals surface area contributed by atoms with Crippen LogP contribution in [0.15, 0.2) is 72.8 Å². The second-order valence-corrected chi connectivity index (χ2v) is 9.86. The molecular weight excluding hydrogens is 476 g/mol. The van der Waals surface area contributed by atoms with E-state index in [0.717, 1.165) is 11.3 Å². The van der Waals surface area contributed by atoms with Crippen LogP contribution in [0.25, 0.3) is 0 Å². The number of carbonyl (C=O) groups is 3. The van der Waals surface area contributed by atoms with Crippen LogP contribution < -0.4 is 9.80 Å². The molecule has 0 saturated carbocycles. The Balaban J connectivity index is 1.61. The Morgan fingerprint density at radius 1 is 1.00 bits per heavy atom. The number of carboxylic acid groups (broad SMARTS) is 1. The number of hydrogen-bond acceptors (Lipinski definition) is 3. The maximum atomic E-state index is 13.7. The zero-order valence-electron chi connectivity index (χ0n) is 20.6. The Labute approximate surface area is 216 Å². The summed E-state index contributed by atoms with van der Waals surface area (Å²) in [6.45, 7) is 6.11. The molecule has 0 bridgehead atoms. The highest BCUT2D eigenvalue weighted by Gasteiger charge is 2.35. The molecule has 1 aliphatic heterocycles. The molecule has 0 unspecified atom stereocenters. The van der Waals surface area contributed by atoms with Crippen LogP contribution >= 0.6 is 11.6 Å². The molecule has 6 nitrogen and oxygen atoms in total. The molecule has 1 N–H and O–H groups in total. The largest absolute Gasteiger partial charge is 0.481 e. The molecule has 4 rings (SSSR count). The standard InChI is InChI=1S/C29H29ClN2O4/c1-4-31(22-15-13-21(30)14-16-22)27(34)24-17-18-32(25-8-6-5-7-23(24)25)26(33)19-9-11-20(12-10-19)29(2,3)28(35)36/h5-16,24H,4,17-18H2,1-3H3,(H,35,36)/t24-/m0/s1. The Morgan fingerprint density at radius 3 is 2.25 bits per heavy atom. The molecule has 3 aromatic rings. The minimum atomic E-state index is -1.05. The van der Waals surface area contributed by atoms with Crippen molar-refractivity contribution >= 4 is 40.8 Å². The summed E-state index contributed by atoms with van der Waals surface area (Å²) in [5, 5.41) is 10.1. The van der Waals surface area contributed by atoms with Gasteiger partial charge in [0.1, 0.15) is 0 Å². The third-order valence-electron chi connectivity index (χ3n) is 6.90. The number of aliphatic carboxylic acids is 1. The molecule has 186 valence electrons. The molecule has 0 aromatic heterocycles. The monoisotopic (exact) mass is 504 g/mol. The summed E-state index contributed by atoms with van der Waals surface area (Å²) >= 11 is 6.03. The van der Waals surface area contributed by atoms with Gasteiger partial charge in [0.15, 0.2) is 0 Å². The van der Waals surface area contributed by atoms with Gasteiger partial charge < -0.3 is 14.9 Å². The first-order valence-electron chi connectivity index (χ1n) is 12.0. The van der Waals surface area contributed by atoms with Crippen LogP contribution in [0, 0.1) is 0 Å². The molecule has 1 atom stereocenters. The van der Waals surface area contributed by atoms with Crippen molar-refractivity contribution in [1.82, 2.24) is 0 Å². The highest BCUT2D eigenvalue weighted by Crippen LogP contribution is 2.38. The summed E-state index contributed by atoms with van der Waals surface area (Å²) in [4.78, 5) is 42.2. The van der Waals surface area contributed by atoms with Gasteiger partial charge in [-0.15, -0.1) is 0 Å². The third-order valence-corrected chi connectivity index (χ3v) is 7.15. The Hall–Kier alpha value is -3.64. The van der Waals surface area contributed by atoms with Crippen molar-refractivity contribution in [1.29, 1.82) is 0 Å². The summed E-state index contributed by atoms with van der Waals surface area (Å²) in [6, 6.07) is 21.4. The van der Waals surface area contributed by atoms with Crippen LogP contribution in [-0.4, -0.2) is 36.0 Å². The summed E-state index contributed by atoms with van der Waals surface area (Å²) in [6.07, 6.45) is 0.496. The highest BCUT2D eigenvalue weighted by atomic mass is 35.5. The number of benzene rings is 3. The van der Waals surface area contributed by atoms with Crippen molar-refractivity contribution in [3.8, 4) is 0 Å². The summed E-state index contributed by atoms with van der Waals surface area (Å²) in [5.74, 6) is -1.50. The molecule has 36 heavy (non-hydrogen) atoms. The number of anilines is 2. The minimum absolute atomic E-state index is 0.0142. The van der Waals surface area contributed by atoms with E-state index in [4.69, 9.17) is 11.6 Å². The number of rotatable bonds is 6. The van der Waals surface area contributed by atoms with E-state index in [1.165, 1.54) is 0 Å². The summed E-state index contributed by atoms with van der Waals surface area (Å²) in [5.41, 5.74) is 2.36. The normalized spacial score (nSPS) is 15.2. The maximum Gasteiger partial charge on any atom is 0.313 e. The van der Waals surface area contributed by atoms with Crippen molar-refractivity contribution in [2.24, 2.45) is 0 Å². The minimum Gasteiger partial charge on any atom is -0.481 e. The lowest BCUT2D eigenvalue weighted by Gasteiger charge is -2.36. The van der Waals surface area contributed by atoms with E-state index in [-0.39, 0.29) is 17.7 Å². The van der Waals surface area contributed by atoms with Crippen molar-refractivity contribution < 1.29 is 19.5 Å². The van der Waals surface area contributed by atoms with Gasteiger partial charge in [0.05, 0.1) is 11.3 Å². The van der Waals surface area contributed by atoms with Crippen LogP contribution in [0.5, 0.6) is 0 Å². The quantitative estimate of drug-likeness (QED) is 0.454. The summed E-state index contributed by atoms with van der Waals surface area (Å²) in [7, 11) is 0. The van der Waals surface area contributed by atoms with Crippen LogP contribution in [-0.2, 0) is 15.0 Å². The van der Waals surface area contributed by atoms with Gasteiger partial charge in [0.25, 0.3) is 5.91 Å². The number of likely N-dealkylation sites (N-methyl/N-ethyl adjacent to an activating group) is 1. The number of carbonyl (C=O) groups excluding carboxylic acids is 2. The van der Waals surface area contributed by atoms with Crippen molar-refractivity contribution in [2.45, 2.75) is 38.5 Å². The second-order valence-electron chi connectivity index (χ2n) is 9.42. The first kappa shape index (κ1) is 25.5. The van der Waals surface area contributed by atoms with Crippen molar-refractivity contribution in [2.75, 3.05) is 22.9 Å². The van der Waals surface area contributed by atoms with Gasteiger partial charge in [-0.25, -0.2) is 0 Å². The lowest BCUT2D eigenvalue weighted by atomic mass is 9.84. The molecule has 0 radical (unpaired) electrons. The molecule has 0 fully saturated rings. The smallest absolute Gasteiger partial charge is 0.313 e. The zero-order valence-corrected chi connectivity index (χ0v) is 21.3. The molecule has 0 aliphatic carbocycles. The second kappa shape index (κ2) is 10.2. The average Bonchev–Trinajstić information content (AvgIpc) is 2.89. The number of carboxylic acids is 1. The fourth-order valence-electron chi connectivity index (χ4n) is 4.61. The fourth-order valence-corrected chi connectivity index (χ4v) is 4.74. The van der Waals surface area contributed by atoms with Gasteiger partial charge >= 0.3 is 5.97 Å². The molecule has 3 aromatic carbocycles. The lowest BCUT2D eigenvalue weighted by molar-refractivity contribution is -0.142. The van der Waals surface area contributed by atoms with Gasteiger partial charge in [-0.1, -0.05) is 41.9 Å². The van der Waals surface area contributed by atoms with E-state index < -0.39 is 11.4 Å². The maximum absolute atomic E-state index is 13.7. The molecule has 0 spiro atoms. The number of halogens is 1. The van der Waals surface area contributed by atoms with Gasteiger partial charge in [-0.2, -0.15) is 0 Å². The third kappa shape index (κ3) is 4.73. The number of para-hydroxylation sites is 1. The van der Waals surface area contributed by atoms with Crippen LogP contribution in [0.3, 0.4) is 0 Å². The Kier molecular flexibility index (Phi) is 7.18. The Morgan fingerprint density at radius 2 is 1.64 bits per heavy atom. The van der Waals surface area contributed by atoms with Crippen LogP contribution in [0.2, 0.25) is 5.02 Å². The SMILES string of the molecule is CCN(C(=O)[C@H]1CCN(C(=O)c2ccc(C(C)(C)C(=O)O)cc2)c2ccccc21)c1ccc(Cl)cc1. The molecular formula is C29H29ClN2O4.